The van der Waals surface area contributed by atoms with Crippen molar-refractivity contribution in [2.75, 3.05) is 6.61 Å². The van der Waals surface area contributed by atoms with Crippen molar-refractivity contribution in [2.45, 2.75) is 6.54 Å². The molecule has 18 heavy (non-hydrogen) atoms. The fourth-order valence-corrected chi connectivity index (χ4v) is 2.62. The maximum atomic E-state index is 11.5. The molecule has 0 fully saturated rings. The number of carbonyl (C=O) groups is 1. The number of halogens is 2. The zero-order valence-electron chi connectivity index (χ0n) is 9.44. The van der Waals surface area contributed by atoms with Crippen LogP contribution in [0.3, 0.4) is 0 Å². The van der Waals surface area contributed by atoms with Crippen LogP contribution in [0.25, 0.3) is 10.2 Å². The van der Waals surface area contributed by atoms with Crippen LogP contribution < -0.4 is 21.5 Å². The first-order valence-corrected chi connectivity index (χ1v) is 6.29. The lowest BCUT2D eigenvalue weighted by molar-refractivity contribution is -0.655. The number of hydrogen-bond acceptors (Lipinski definition) is 3. The monoisotopic (exact) mass is 347 g/mol. The third-order valence-corrected chi connectivity index (χ3v) is 3.38. The maximum Gasteiger partial charge on any atom is 0.373 e. The van der Waals surface area contributed by atoms with E-state index in [0.717, 1.165) is 10.2 Å². The molecule has 0 unspecified atom stereocenters. The molecule has 2 rings (SSSR count). The molecule has 0 atom stereocenters. The van der Waals surface area contributed by atoms with E-state index in [0.29, 0.717) is 5.02 Å². The Hall–Kier alpha value is -0.910. The molecule has 0 radical (unpaired) electrons. The van der Waals surface area contributed by atoms with Crippen LogP contribution in [0.5, 0.6) is 0 Å². The summed E-state index contributed by atoms with van der Waals surface area (Å²) in [7, 11) is 0. The Labute approximate surface area is 124 Å². The Balaban J connectivity index is 0.00000162. The van der Waals surface area contributed by atoms with E-state index in [2.05, 4.69) is 6.58 Å². The quantitative estimate of drug-likeness (QED) is 0.427. The van der Waals surface area contributed by atoms with E-state index in [1.165, 1.54) is 0 Å². The number of benzene rings is 1. The average Bonchev–Trinajstić information content (AvgIpc) is 2.69. The predicted octanol–water partition coefficient (Wildman–Crippen LogP) is -0.425. The van der Waals surface area contributed by atoms with Crippen LogP contribution >= 0.6 is 22.9 Å². The van der Waals surface area contributed by atoms with Crippen LogP contribution in [0.2, 0.25) is 5.02 Å². The second-order valence-electron chi connectivity index (χ2n) is 3.43. The first-order chi connectivity index (χ1) is 8.20. The summed E-state index contributed by atoms with van der Waals surface area (Å²) in [6.45, 7) is 3.94. The van der Waals surface area contributed by atoms with Gasteiger partial charge in [0.1, 0.15) is 11.3 Å². The molecular formula is C12H11BrClNO2S. The molecule has 0 spiro atoms. The van der Waals surface area contributed by atoms with Gasteiger partial charge < -0.3 is 21.7 Å². The summed E-state index contributed by atoms with van der Waals surface area (Å²) in [5.41, 5.74) is 2.87. The van der Waals surface area contributed by atoms with E-state index in [1.807, 2.05) is 28.3 Å². The van der Waals surface area contributed by atoms with Gasteiger partial charge in [-0.05, 0) is 12.1 Å². The van der Waals surface area contributed by atoms with E-state index in [4.69, 9.17) is 16.3 Å². The largest absolute Gasteiger partial charge is 1.00 e. The van der Waals surface area contributed by atoms with Crippen molar-refractivity contribution in [1.82, 2.24) is 0 Å². The van der Waals surface area contributed by atoms with Gasteiger partial charge in [0.25, 0.3) is 0 Å². The Morgan fingerprint density at radius 2 is 2.33 bits per heavy atom. The summed E-state index contributed by atoms with van der Waals surface area (Å²) in [5.74, 6) is -0.274. The summed E-state index contributed by atoms with van der Waals surface area (Å²) in [4.78, 5) is 11.5. The van der Waals surface area contributed by atoms with E-state index in [1.54, 1.807) is 17.4 Å². The first-order valence-electron chi connectivity index (χ1n) is 5.03. The molecule has 2 aromatic rings. The Bertz CT molecular complexity index is 570. The van der Waals surface area contributed by atoms with Gasteiger partial charge in [-0.1, -0.05) is 35.6 Å². The summed E-state index contributed by atoms with van der Waals surface area (Å²) in [5, 5.41) is 0.695. The van der Waals surface area contributed by atoms with E-state index < -0.39 is 0 Å². The average molecular weight is 349 g/mol. The lowest BCUT2D eigenvalue weighted by Gasteiger charge is -1.97. The van der Waals surface area contributed by atoms with Crippen LogP contribution in [0, 0.1) is 0 Å². The van der Waals surface area contributed by atoms with Crippen LogP contribution in [0.15, 0.2) is 36.4 Å². The number of esters is 1. The van der Waals surface area contributed by atoms with Gasteiger partial charge in [0.15, 0.2) is 0 Å². The number of ether oxygens (including phenoxy) is 1. The highest BCUT2D eigenvalue weighted by Gasteiger charge is 2.16. The van der Waals surface area contributed by atoms with Gasteiger partial charge in [-0.15, -0.1) is 0 Å². The summed E-state index contributed by atoms with van der Waals surface area (Å²) < 4.78 is 7.84. The van der Waals surface area contributed by atoms with E-state index in [9.17, 15) is 4.79 Å². The van der Waals surface area contributed by atoms with Crippen molar-refractivity contribution in [3.8, 4) is 0 Å². The minimum Gasteiger partial charge on any atom is -1.00 e. The highest BCUT2D eigenvalue weighted by atomic mass is 79.9. The lowest BCUT2D eigenvalue weighted by atomic mass is 10.3. The minimum atomic E-state index is -0.274. The summed E-state index contributed by atoms with van der Waals surface area (Å²) in [6.07, 6.45) is 1.55. The number of nitrogens with zero attached hydrogens (tertiary/aromatic N) is 1. The molecule has 0 aliphatic heterocycles. The second-order valence-corrected chi connectivity index (χ2v) is 4.76. The van der Waals surface area contributed by atoms with Gasteiger partial charge in [0, 0.05) is 11.1 Å². The van der Waals surface area contributed by atoms with Crippen LogP contribution in [-0.4, -0.2) is 12.6 Å². The molecule has 0 N–H and O–H groups in total. The molecule has 0 bridgehead atoms. The van der Waals surface area contributed by atoms with Crippen molar-refractivity contribution < 1.29 is 31.1 Å². The third kappa shape index (κ3) is 3.54. The van der Waals surface area contributed by atoms with Crippen molar-refractivity contribution in [2.24, 2.45) is 0 Å². The molecule has 6 heteroatoms. The van der Waals surface area contributed by atoms with Gasteiger partial charge in [0.05, 0.1) is 0 Å². The van der Waals surface area contributed by atoms with Crippen LogP contribution in [-0.2, 0) is 16.1 Å². The molecule has 96 valence electrons. The number of thiazole rings is 1. The second kappa shape index (κ2) is 6.87. The highest BCUT2D eigenvalue weighted by Crippen LogP contribution is 2.20. The molecule has 1 aromatic carbocycles. The molecule has 1 heterocycles. The molecule has 0 saturated heterocycles. The topological polar surface area (TPSA) is 30.2 Å². The summed E-state index contributed by atoms with van der Waals surface area (Å²) >= 11 is 7.44. The third-order valence-electron chi connectivity index (χ3n) is 2.20. The molecular weight excluding hydrogens is 338 g/mol. The molecule has 1 aromatic heterocycles. The fraction of sp³-hybridized carbons (Fsp3) is 0.167. The number of hydrogen-bond donors (Lipinski definition) is 0. The smallest absolute Gasteiger partial charge is 0.373 e. The normalized spacial score (nSPS) is 9.83. The SMILES string of the molecule is C=CCOC(=O)C[n+]1csc2cc(Cl)ccc21.[Br-]. The molecule has 0 aliphatic rings. The van der Waals surface area contributed by atoms with Gasteiger partial charge in [-0.3, -0.25) is 0 Å². The van der Waals surface area contributed by atoms with Gasteiger partial charge >= 0.3 is 5.97 Å². The van der Waals surface area contributed by atoms with Gasteiger partial charge in [-0.25, -0.2) is 4.79 Å². The number of rotatable bonds is 4. The first kappa shape index (κ1) is 15.1. The zero-order chi connectivity index (χ0) is 12.3. The van der Waals surface area contributed by atoms with Crippen molar-refractivity contribution in [3.05, 3.63) is 41.4 Å². The van der Waals surface area contributed by atoms with E-state index in [-0.39, 0.29) is 36.1 Å². The van der Waals surface area contributed by atoms with Crippen LogP contribution in [0.4, 0.5) is 0 Å². The van der Waals surface area contributed by atoms with E-state index >= 15 is 0 Å². The van der Waals surface area contributed by atoms with Crippen molar-refractivity contribution in [1.29, 1.82) is 0 Å². The predicted molar refractivity (Wildman–Crippen MR) is 68.2 cm³/mol. The molecule has 0 aliphatic carbocycles. The zero-order valence-corrected chi connectivity index (χ0v) is 12.6. The maximum absolute atomic E-state index is 11.5. The molecule has 0 amide bonds. The molecule has 0 saturated carbocycles. The molecule has 3 nitrogen and oxygen atoms in total. The number of fused-ring (bicyclic) bond motifs is 1. The highest BCUT2D eigenvalue weighted by molar-refractivity contribution is 7.16. The fourth-order valence-electron chi connectivity index (χ4n) is 1.46. The number of carbonyl (C=O) groups excluding carboxylic acids is 1. The Kier molecular flexibility index (Phi) is 5.78. The Morgan fingerprint density at radius 3 is 3.06 bits per heavy atom. The van der Waals surface area contributed by atoms with Crippen molar-refractivity contribution in [3.63, 3.8) is 0 Å². The summed E-state index contributed by atoms with van der Waals surface area (Å²) in [6, 6.07) is 5.59. The number of aromatic nitrogens is 1. The van der Waals surface area contributed by atoms with Gasteiger partial charge in [-0.2, -0.15) is 4.57 Å². The lowest BCUT2D eigenvalue weighted by Crippen LogP contribution is -3.00. The van der Waals surface area contributed by atoms with Crippen molar-refractivity contribution >= 4 is 39.1 Å². The minimum absolute atomic E-state index is 0. The Morgan fingerprint density at radius 1 is 1.56 bits per heavy atom. The van der Waals surface area contributed by atoms with Gasteiger partial charge in [0.2, 0.25) is 17.6 Å². The standard InChI is InChI=1S/C12H11ClNO2S.BrH/c1-2-5-16-12(15)7-14-8-17-11-6-9(13)3-4-10(11)14;/h2-4,6,8H,1,5,7H2;1H/q+1;/p-1. The van der Waals surface area contributed by atoms with Crippen LogP contribution in [0.1, 0.15) is 0 Å².